The number of allylic oxidation sites excluding steroid dienone is 1. The Hall–Kier alpha value is -0.850. The molecule has 3 nitrogen and oxygen atoms in total. The summed E-state index contributed by atoms with van der Waals surface area (Å²) < 4.78 is 5.36. The van der Waals surface area contributed by atoms with Crippen molar-refractivity contribution in [1.29, 1.82) is 5.26 Å². The van der Waals surface area contributed by atoms with Crippen molar-refractivity contribution in [2.24, 2.45) is 11.8 Å². The van der Waals surface area contributed by atoms with Crippen LogP contribution in [0, 0.1) is 23.2 Å². The lowest BCUT2D eigenvalue weighted by Crippen LogP contribution is -2.54. The maximum absolute atomic E-state index is 9.52. The summed E-state index contributed by atoms with van der Waals surface area (Å²) in [6.45, 7) is 3.41. The second-order valence-electron chi connectivity index (χ2n) is 4.83. The van der Waals surface area contributed by atoms with Gasteiger partial charge in [-0.25, -0.2) is 0 Å². The zero-order chi connectivity index (χ0) is 10.3. The molecule has 2 bridgehead atoms. The fourth-order valence-corrected chi connectivity index (χ4v) is 3.36. The summed E-state index contributed by atoms with van der Waals surface area (Å²) in [4.78, 5) is 2.35. The number of ether oxygens (including phenoxy) is 1. The van der Waals surface area contributed by atoms with Crippen LogP contribution >= 0.6 is 0 Å². The lowest BCUT2D eigenvalue weighted by molar-refractivity contribution is -0.0114. The van der Waals surface area contributed by atoms with Gasteiger partial charge in [0.25, 0.3) is 0 Å². The molecule has 2 fully saturated rings. The Morgan fingerprint density at radius 1 is 1.33 bits per heavy atom. The van der Waals surface area contributed by atoms with E-state index in [9.17, 15) is 5.26 Å². The molecule has 1 heterocycles. The van der Waals surface area contributed by atoms with Crippen molar-refractivity contribution < 1.29 is 4.74 Å². The smallest absolute Gasteiger partial charge is 0.116 e. The molecular formula is C12H16N2O. The highest BCUT2D eigenvalue weighted by molar-refractivity contribution is 5.27. The highest BCUT2D eigenvalue weighted by Gasteiger charge is 2.52. The van der Waals surface area contributed by atoms with Gasteiger partial charge >= 0.3 is 0 Å². The van der Waals surface area contributed by atoms with Gasteiger partial charge in [-0.05, 0) is 18.8 Å². The maximum atomic E-state index is 9.52. The molecule has 1 saturated heterocycles. The summed E-state index contributed by atoms with van der Waals surface area (Å²) in [5, 5.41) is 9.52. The molecule has 3 atom stereocenters. The first-order valence-corrected chi connectivity index (χ1v) is 5.77. The summed E-state index contributed by atoms with van der Waals surface area (Å²) >= 11 is 0. The Labute approximate surface area is 90.3 Å². The summed E-state index contributed by atoms with van der Waals surface area (Å²) in [6.07, 6.45) is 6.77. The maximum Gasteiger partial charge on any atom is 0.116 e. The Balaban J connectivity index is 1.87. The molecule has 0 aromatic rings. The van der Waals surface area contributed by atoms with Crippen molar-refractivity contribution in [3.05, 3.63) is 12.2 Å². The van der Waals surface area contributed by atoms with Crippen LogP contribution in [-0.4, -0.2) is 36.7 Å². The first-order valence-electron chi connectivity index (χ1n) is 5.77. The van der Waals surface area contributed by atoms with E-state index in [1.807, 2.05) is 0 Å². The highest BCUT2D eigenvalue weighted by Crippen LogP contribution is 2.49. The van der Waals surface area contributed by atoms with Gasteiger partial charge < -0.3 is 4.74 Å². The molecule has 0 aromatic carbocycles. The molecule has 2 aliphatic carbocycles. The van der Waals surface area contributed by atoms with E-state index in [0.29, 0.717) is 11.8 Å². The molecule has 0 unspecified atom stereocenters. The van der Waals surface area contributed by atoms with Crippen molar-refractivity contribution in [2.75, 3.05) is 26.3 Å². The lowest BCUT2D eigenvalue weighted by atomic mass is 9.84. The van der Waals surface area contributed by atoms with Crippen LogP contribution in [-0.2, 0) is 4.74 Å². The Bertz CT molecular complexity index is 327. The normalized spacial score (nSPS) is 44.5. The molecule has 0 aromatic heterocycles. The molecule has 0 N–H and O–H groups in total. The molecule has 1 saturated carbocycles. The standard InChI is InChI=1S/C12H16N2O/c13-9-12(14-3-5-15-6-4-14)8-10-1-2-11(12)7-10/h1-2,10-11H,3-8H2/t10-,11+,12-/m0/s1. The van der Waals surface area contributed by atoms with Crippen molar-refractivity contribution >= 4 is 0 Å². The molecular weight excluding hydrogens is 188 g/mol. The first-order chi connectivity index (χ1) is 7.35. The molecule has 1 aliphatic heterocycles. The summed E-state index contributed by atoms with van der Waals surface area (Å²) in [7, 11) is 0. The fourth-order valence-electron chi connectivity index (χ4n) is 3.36. The number of rotatable bonds is 1. The van der Waals surface area contributed by atoms with Gasteiger partial charge in [-0.1, -0.05) is 12.2 Å². The number of hydrogen-bond donors (Lipinski definition) is 0. The van der Waals surface area contributed by atoms with E-state index < -0.39 is 0 Å². The second-order valence-corrected chi connectivity index (χ2v) is 4.83. The number of morpholine rings is 1. The van der Waals surface area contributed by atoms with Crippen LogP contribution in [0.15, 0.2) is 12.2 Å². The van der Waals surface area contributed by atoms with E-state index in [-0.39, 0.29) is 5.54 Å². The minimum absolute atomic E-state index is 0.205. The Morgan fingerprint density at radius 2 is 2.13 bits per heavy atom. The number of nitriles is 1. The van der Waals surface area contributed by atoms with Crippen LogP contribution in [0.25, 0.3) is 0 Å². The van der Waals surface area contributed by atoms with E-state index >= 15 is 0 Å². The van der Waals surface area contributed by atoms with E-state index in [4.69, 9.17) is 4.74 Å². The van der Waals surface area contributed by atoms with Gasteiger partial charge in [0.2, 0.25) is 0 Å². The minimum Gasteiger partial charge on any atom is -0.379 e. The van der Waals surface area contributed by atoms with E-state index in [1.165, 1.54) is 6.42 Å². The summed E-state index contributed by atoms with van der Waals surface area (Å²) in [6, 6.07) is 2.60. The summed E-state index contributed by atoms with van der Waals surface area (Å²) in [5.41, 5.74) is -0.205. The van der Waals surface area contributed by atoms with Gasteiger partial charge in [-0.15, -0.1) is 0 Å². The third-order valence-electron chi connectivity index (χ3n) is 4.13. The van der Waals surface area contributed by atoms with Crippen LogP contribution < -0.4 is 0 Å². The SMILES string of the molecule is N#C[C@@]1(N2CCOCC2)C[C@H]2C=C[C@@H]1C2. The molecule has 3 heteroatoms. The third-order valence-corrected chi connectivity index (χ3v) is 4.13. The van der Waals surface area contributed by atoms with Crippen LogP contribution in [0.2, 0.25) is 0 Å². The number of fused-ring (bicyclic) bond motifs is 2. The topological polar surface area (TPSA) is 36.3 Å². The monoisotopic (exact) mass is 204 g/mol. The second kappa shape index (κ2) is 3.33. The van der Waals surface area contributed by atoms with Crippen molar-refractivity contribution in [2.45, 2.75) is 18.4 Å². The van der Waals surface area contributed by atoms with Crippen LogP contribution in [0.3, 0.4) is 0 Å². The molecule has 80 valence electrons. The highest BCUT2D eigenvalue weighted by atomic mass is 16.5. The van der Waals surface area contributed by atoms with Crippen LogP contribution in [0.5, 0.6) is 0 Å². The predicted molar refractivity (Wildman–Crippen MR) is 56.1 cm³/mol. The average molecular weight is 204 g/mol. The number of nitrogens with zero attached hydrogens (tertiary/aromatic N) is 2. The van der Waals surface area contributed by atoms with Gasteiger partial charge in [0.15, 0.2) is 0 Å². The van der Waals surface area contributed by atoms with Crippen LogP contribution in [0.1, 0.15) is 12.8 Å². The van der Waals surface area contributed by atoms with Gasteiger partial charge in [0.05, 0.1) is 19.3 Å². The molecule has 0 amide bonds. The molecule has 0 radical (unpaired) electrons. The van der Waals surface area contributed by atoms with Gasteiger partial charge in [-0.3, -0.25) is 4.90 Å². The quantitative estimate of drug-likeness (QED) is 0.602. The zero-order valence-electron chi connectivity index (χ0n) is 8.85. The third kappa shape index (κ3) is 1.25. The van der Waals surface area contributed by atoms with E-state index in [2.05, 4.69) is 23.1 Å². The lowest BCUT2D eigenvalue weighted by Gasteiger charge is -2.42. The zero-order valence-corrected chi connectivity index (χ0v) is 8.85. The van der Waals surface area contributed by atoms with E-state index in [1.54, 1.807) is 0 Å². The minimum atomic E-state index is -0.205. The molecule has 3 rings (SSSR count). The van der Waals surface area contributed by atoms with Crippen molar-refractivity contribution in [3.63, 3.8) is 0 Å². The Kier molecular flexibility index (Phi) is 2.08. The fraction of sp³-hybridized carbons (Fsp3) is 0.750. The predicted octanol–water partition coefficient (Wildman–Crippen LogP) is 1.18. The Morgan fingerprint density at radius 3 is 2.67 bits per heavy atom. The molecule has 3 aliphatic rings. The van der Waals surface area contributed by atoms with Gasteiger partial charge in [-0.2, -0.15) is 5.26 Å². The van der Waals surface area contributed by atoms with Gasteiger partial charge in [0.1, 0.15) is 5.54 Å². The van der Waals surface area contributed by atoms with Gasteiger partial charge in [0, 0.05) is 19.0 Å². The largest absolute Gasteiger partial charge is 0.379 e. The molecule has 0 spiro atoms. The van der Waals surface area contributed by atoms with Crippen molar-refractivity contribution in [3.8, 4) is 6.07 Å². The van der Waals surface area contributed by atoms with Crippen molar-refractivity contribution in [1.82, 2.24) is 4.90 Å². The first kappa shape index (κ1) is 9.38. The molecule has 15 heavy (non-hydrogen) atoms. The summed E-state index contributed by atoms with van der Waals surface area (Å²) in [5.74, 6) is 1.11. The van der Waals surface area contributed by atoms with Crippen LogP contribution in [0.4, 0.5) is 0 Å². The van der Waals surface area contributed by atoms with E-state index in [0.717, 1.165) is 32.7 Å². The average Bonchev–Trinajstić information content (AvgIpc) is 2.90. The number of hydrogen-bond acceptors (Lipinski definition) is 3.